The molecule has 134 valence electrons. The molecule has 5 nitrogen and oxygen atoms in total. The molecule has 6 heteroatoms. The molecule has 0 saturated carbocycles. The van der Waals surface area contributed by atoms with E-state index in [9.17, 15) is 0 Å². The lowest BCUT2D eigenvalue weighted by Gasteiger charge is -2.16. The van der Waals surface area contributed by atoms with Crippen LogP contribution < -0.4 is 20.1 Å². The van der Waals surface area contributed by atoms with E-state index in [0.29, 0.717) is 6.04 Å². The zero-order valence-corrected chi connectivity index (χ0v) is 17.0. The van der Waals surface area contributed by atoms with E-state index in [2.05, 4.69) is 40.8 Å². The summed E-state index contributed by atoms with van der Waals surface area (Å²) in [6.07, 6.45) is 7.43. The molecule has 0 amide bonds. The van der Waals surface area contributed by atoms with E-state index in [1.807, 2.05) is 12.1 Å². The zero-order valence-electron chi connectivity index (χ0n) is 14.7. The predicted octanol–water partition coefficient (Wildman–Crippen LogP) is 3.14. The zero-order chi connectivity index (χ0) is 16.5. The molecule has 1 aromatic rings. The fourth-order valence-corrected chi connectivity index (χ4v) is 2.58. The highest BCUT2D eigenvalue weighted by atomic mass is 127. The van der Waals surface area contributed by atoms with Gasteiger partial charge in [-0.1, -0.05) is 18.2 Å². The average Bonchev–Trinajstić information content (AvgIpc) is 3.07. The van der Waals surface area contributed by atoms with Gasteiger partial charge in [-0.2, -0.15) is 0 Å². The number of hydrogen-bond donors (Lipinski definition) is 2. The summed E-state index contributed by atoms with van der Waals surface area (Å²) < 4.78 is 10.6. The van der Waals surface area contributed by atoms with Crippen LogP contribution in [0.25, 0.3) is 0 Å². The Hall–Kier alpha value is -1.44. The number of aliphatic imine (C=N–C) groups is 1. The van der Waals surface area contributed by atoms with E-state index in [-0.39, 0.29) is 24.0 Å². The van der Waals surface area contributed by atoms with Crippen molar-refractivity contribution in [1.29, 1.82) is 0 Å². The summed E-state index contributed by atoms with van der Waals surface area (Å²) in [5.41, 5.74) is 1.18. The van der Waals surface area contributed by atoms with E-state index in [0.717, 1.165) is 49.8 Å². The molecule has 0 radical (unpaired) electrons. The van der Waals surface area contributed by atoms with Crippen LogP contribution in [-0.4, -0.2) is 39.3 Å². The van der Waals surface area contributed by atoms with E-state index >= 15 is 0 Å². The summed E-state index contributed by atoms with van der Waals surface area (Å²) in [5.74, 6) is 2.40. The number of halogens is 1. The molecule has 0 unspecified atom stereocenters. The summed E-state index contributed by atoms with van der Waals surface area (Å²) >= 11 is 0. The van der Waals surface area contributed by atoms with Gasteiger partial charge in [-0.3, -0.25) is 4.99 Å². The molecular formula is C18H28IN3O2. The van der Waals surface area contributed by atoms with E-state index in [1.165, 1.54) is 5.56 Å². The molecule has 0 spiro atoms. The van der Waals surface area contributed by atoms with Crippen molar-refractivity contribution in [3.63, 3.8) is 0 Å². The molecule has 1 aliphatic carbocycles. The first-order valence-electron chi connectivity index (χ1n) is 8.17. The van der Waals surface area contributed by atoms with Crippen molar-refractivity contribution in [2.45, 2.75) is 32.2 Å². The molecule has 0 heterocycles. The number of guanidine groups is 1. The number of methoxy groups -OCH3 is 2. The molecule has 2 rings (SSSR count). The Balaban J connectivity index is 0.00000288. The molecule has 24 heavy (non-hydrogen) atoms. The van der Waals surface area contributed by atoms with Crippen LogP contribution in [0.5, 0.6) is 11.5 Å². The van der Waals surface area contributed by atoms with Crippen LogP contribution in [0, 0.1) is 0 Å². The minimum absolute atomic E-state index is 0. The Morgan fingerprint density at radius 1 is 1.17 bits per heavy atom. The van der Waals surface area contributed by atoms with Gasteiger partial charge >= 0.3 is 0 Å². The lowest BCUT2D eigenvalue weighted by Crippen LogP contribution is -2.42. The summed E-state index contributed by atoms with van der Waals surface area (Å²) in [7, 11) is 3.30. The van der Waals surface area contributed by atoms with Crippen LogP contribution in [0.1, 0.15) is 25.3 Å². The third-order valence-electron chi connectivity index (χ3n) is 3.81. The summed E-state index contributed by atoms with van der Waals surface area (Å²) in [5, 5.41) is 6.78. The normalized spacial score (nSPS) is 14.2. The number of nitrogens with zero attached hydrogens (tertiary/aromatic N) is 1. The standard InChI is InChI=1S/C18H27N3O2.HI/c1-4-19-18(21-15-7-5-6-8-15)20-12-11-14-9-10-16(22-2)17(13-14)23-3;/h5-6,9-10,13,15H,4,7-8,11-12H2,1-3H3,(H2,19,20,21);1H. The smallest absolute Gasteiger partial charge is 0.191 e. The second-order valence-corrected chi connectivity index (χ2v) is 5.48. The van der Waals surface area contributed by atoms with Gasteiger partial charge in [0.1, 0.15) is 0 Å². The van der Waals surface area contributed by atoms with Crippen LogP contribution >= 0.6 is 24.0 Å². The molecule has 0 fully saturated rings. The Morgan fingerprint density at radius 3 is 2.50 bits per heavy atom. The lowest BCUT2D eigenvalue weighted by atomic mass is 10.1. The quantitative estimate of drug-likeness (QED) is 0.293. The van der Waals surface area contributed by atoms with Gasteiger partial charge in [0, 0.05) is 19.1 Å². The summed E-state index contributed by atoms with van der Waals surface area (Å²) in [6.45, 7) is 3.67. The van der Waals surface area contributed by atoms with Crippen molar-refractivity contribution >= 4 is 29.9 Å². The van der Waals surface area contributed by atoms with Gasteiger partial charge < -0.3 is 20.1 Å². The second-order valence-electron chi connectivity index (χ2n) is 5.48. The Bertz CT molecular complexity index is 553. The molecule has 0 bridgehead atoms. The van der Waals surface area contributed by atoms with Crippen molar-refractivity contribution in [2.24, 2.45) is 4.99 Å². The second kappa shape index (κ2) is 11.2. The largest absolute Gasteiger partial charge is 0.493 e. The minimum Gasteiger partial charge on any atom is -0.493 e. The maximum Gasteiger partial charge on any atom is 0.191 e. The third kappa shape index (κ3) is 6.22. The van der Waals surface area contributed by atoms with E-state index < -0.39 is 0 Å². The highest BCUT2D eigenvalue weighted by Crippen LogP contribution is 2.27. The summed E-state index contributed by atoms with van der Waals surface area (Å²) in [6, 6.07) is 6.47. The van der Waals surface area contributed by atoms with Gasteiger partial charge in [0.25, 0.3) is 0 Å². The molecule has 0 atom stereocenters. The highest BCUT2D eigenvalue weighted by Gasteiger charge is 2.11. The predicted molar refractivity (Wildman–Crippen MR) is 110 cm³/mol. The van der Waals surface area contributed by atoms with Crippen LogP contribution in [0.2, 0.25) is 0 Å². The fraction of sp³-hybridized carbons (Fsp3) is 0.500. The van der Waals surface area contributed by atoms with Crippen LogP contribution in [0.4, 0.5) is 0 Å². The number of rotatable bonds is 7. The monoisotopic (exact) mass is 445 g/mol. The minimum atomic E-state index is 0. The van der Waals surface area contributed by atoms with Crippen molar-refractivity contribution in [2.75, 3.05) is 27.3 Å². The van der Waals surface area contributed by atoms with Gasteiger partial charge in [0.15, 0.2) is 17.5 Å². The van der Waals surface area contributed by atoms with Crippen LogP contribution in [-0.2, 0) is 6.42 Å². The molecule has 0 saturated heterocycles. The number of nitrogens with one attached hydrogen (secondary N) is 2. The van der Waals surface area contributed by atoms with E-state index in [1.54, 1.807) is 14.2 Å². The van der Waals surface area contributed by atoms with E-state index in [4.69, 9.17) is 9.47 Å². The number of benzene rings is 1. The average molecular weight is 445 g/mol. The van der Waals surface area contributed by atoms with Gasteiger partial charge in [0.2, 0.25) is 0 Å². The Labute approximate surface area is 161 Å². The molecule has 0 aliphatic heterocycles. The summed E-state index contributed by atoms with van der Waals surface area (Å²) in [4.78, 5) is 4.66. The molecule has 1 aromatic carbocycles. The maximum absolute atomic E-state index is 5.34. The number of ether oxygens (including phenoxy) is 2. The van der Waals surface area contributed by atoms with Gasteiger partial charge in [-0.15, -0.1) is 24.0 Å². The van der Waals surface area contributed by atoms with Gasteiger partial charge in [0.05, 0.1) is 14.2 Å². The number of hydrogen-bond acceptors (Lipinski definition) is 3. The third-order valence-corrected chi connectivity index (χ3v) is 3.81. The first kappa shape index (κ1) is 20.6. The van der Waals surface area contributed by atoms with Crippen LogP contribution in [0.3, 0.4) is 0 Å². The van der Waals surface area contributed by atoms with Gasteiger partial charge in [-0.05, 0) is 43.9 Å². The first-order chi connectivity index (χ1) is 11.3. The highest BCUT2D eigenvalue weighted by molar-refractivity contribution is 14.0. The Morgan fingerprint density at radius 2 is 1.88 bits per heavy atom. The SMILES string of the molecule is CCNC(=NCCc1ccc(OC)c(OC)c1)NC1CC=CC1.I. The maximum atomic E-state index is 5.34. The van der Waals surface area contributed by atoms with Crippen LogP contribution in [0.15, 0.2) is 35.3 Å². The molecular weight excluding hydrogens is 417 g/mol. The Kier molecular flexibility index (Phi) is 9.59. The lowest BCUT2D eigenvalue weighted by molar-refractivity contribution is 0.354. The fourth-order valence-electron chi connectivity index (χ4n) is 2.58. The molecule has 2 N–H and O–H groups in total. The van der Waals surface area contributed by atoms with Crippen molar-refractivity contribution in [3.8, 4) is 11.5 Å². The van der Waals surface area contributed by atoms with Crippen molar-refractivity contribution in [3.05, 3.63) is 35.9 Å². The topological polar surface area (TPSA) is 54.9 Å². The van der Waals surface area contributed by atoms with Crippen molar-refractivity contribution in [1.82, 2.24) is 10.6 Å². The first-order valence-corrected chi connectivity index (χ1v) is 8.17. The molecule has 1 aliphatic rings. The van der Waals surface area contributed by atoms with Crippen molar-refractivity contribution < 1.29 is 9.47 Å². The molecule has 0 aromatic heterocycles. The van der Waals surface area contributed by atoms with Gasteiger partial charge in [-0.25, -0.2) is 0 Å².